The summed E-state index contributed by atoms with van der Waals surface area (Å²) in [6.07, 6.45) is 6.83. The fourth-order valence-corrected chi connectivity index (χ4v) is 7.57. The summed E-state index contributed by atoms with van der Waals surface area (Å²) in [4.78, 5) is 11.2. The van der Waals surface area contributed by atoms with Crippen molar-refractivity contribution in [2.75, 3.05) is 38.0 Å². The van der Waals surface area contributed by atoms with Crippen molar-refractivity contribution in [3.05, 3.63) is 45.3 Å². The Balaban J connectivity index is 2.09. The molecule has 0 saturated heterocycles. The predicted molar refractivity (Wildman–Crippen MR) is 123 cm³/mol. The first kappa shape index (κ1) is 19.5. The van der Waals surface area contributed by atoms with Gasteiger partial charge in [0.15, 0.2) is 0 Å². The van der Waals surface area contributed by atoms with E-state index in [0.29, 0.717) is 0 Å². The van der Waals surface area contributed by atoms with Crippen LogP contribution in [0, 0.1) is 18.4 Å². The smallest absolute Gasteiger partial charge is 0.0799 e. The van der Waals surface area contributed by atoms with Crippen LogP contribution in [-0.2, 0) is 0 Å². The summed E-state index contributed by atoms with van der Waals surface area (Å²) in [5.41, 5.74) is 6.42. The minimum Gasteiger partial charge on any atom is -0.378 e. The summed E-state index contributed by atoms with van der Waals surface area (Å²) in [5, 5.41) is 1.98. The monoisotopic (exact) mass is 395 g/mol. The minimum absolute atomic E-state index is 0.0977. The first-order valence-electron chi connectivity index (χ1n) is 10.5. The van der Waals surface area contributed by atoms with Crippen molar-refractivity contribution in [1.29, 1.82) is 0 Å². The molecule has 0 amide bonds. The summed E-state index contributed by atoms with van der Waals surface area (Å²) in [6.45, 7) is 4.46. The molecule has 0 aromatic heterocycles. The van der Waals surface area contributed by atoms with Gasteiger partial charge in [-0.2, -0.15) is 0 Å². The molecule has 0 radical (unpaired) electrons. The quantitative estimate of drug-likeness (QED) is 0.629. The number of nitrogens with zero attached hydrogens (tertiary/aromatic N) is 3. The van der Waals surface area contributed by atoms with Crippen LogP contribution in [0.2, 0.25) is 0 Å². The second-order valence-corrected chi connectivity index (χ2v) is 10.9. The number of rotatable bonds is 3. The zero-order chi connectivity index (χ0) is 20.0. The van der Waals surface area contributed by atoms with Crippen LogP contribution in [-0.4, -0.2) is 33.4 Å². The third-order valence-electron chi connectivity index (χ3n) is 6.12. The molecular formula is C24H33N3S. The van der Waals surface area contributed by atoms with Crippen LogP contribution >= 0.6 is 10.5 Å². The number of aryl methyl sites for hydroxylation is 2. The maximum Gasteiger partial charge on any atom is 0.0799 e. The number of anilines is 2. The van der Waals surface area contributed by atoms with Crippen molar-refractivity contribution in [3.8, 4) is 0 Å². The van der Waals surface area contributed by atoms with E-state index in [-0.39, 0.29) is 10.5 Å². The van der Waals surface area contributed by atoms with Crippen LogP contribution < -0.4 is 15.2 Å². The van der Waals surface area contributed by atoms with E-state index in [1.165, 1.54) is 75.1 Å². The second-order valence-electron chi connectivity index (χ2n) is 8.72. The zero-order valence-corrected chi connectivity index (χ0v) is 19.0. The number of hydrogen-bond acceptors (Lipinski definition) is 3. The molecule has 2 aliphatic rings. The molecule has 150 valence electrons. The Morgan fingerprint density at radius 2 is 1.43 bits per heavy atom. The summed E-state index contributed by atoms with van der Waals surface area (Å²) in [5.74, 6) is 0. The normalized spacial score (nSPS) is 18.9. The van der Waals surface area contributed by atoms with Crippen LogP contribution in [0.3, 0.4) is 0 Å². The van der Waals surface area contributed by atoms with E-state index in [4.69, 9.17) is 4.99 Å². The Hall–Kier alpha value is -1.81. The van der Waals surface area contributed by atoms with Gasteiger partial charge in [0.25, 0.3) is 0 Å². The highest BCUT2D eigenvalue weighted by atomic mass is 32.2. The van der Waals surface area contributed by atoms with Gasteiger partial charge in [0.1, 0.15) is 0 Å². The lowest BCUT2D eigenvalue weighted by Gasteiger charge is -2.30. The maximum absolute atomic E-state index is 5.22. The van der Waals surface area contributed by atoms with Gasteiger partial charge in [-0.05, 0) is 62.1 Å². The van der Waals surface area contributed by atoms with E-state index in [0.717, 1.165) is 5.25 Å². The summed E-state index contributed by atoms with van der Waals surface area (Å²) < 4.78 is 1.47. The van der Waals surface area contributed by atoms with Gasteiger partial charge in [-0.1, -0.05) is 19.3 Å². The lowest BCUT2D eigenvalue weighted by Crippen LogP contribution is -2.20. The molecule has 2 aromatic rings. The molecule has 28 heavy (non-hydrogen) atoms. The van der Waals surface area contributed by atoms with E-state index in [9.17, 15) is 0 Å². The van der Waals surface area contributed by atoms with E-state index >= 15 is 0 Å². The van der Waals surface area contributed by atoms with Gasteiger partial charge >= 0.3 is 0 Å². The molecule has 1 saturated carbocycles. The lowest BCUT2D eigenvalue weighted by molar-refractivity contribution is 0.515. The van der Waals surface area contributed by atoms with Gasteiger partial charge in [0.05, 0.1) is 11.0 Å². The first-order chi connectivity index (χ1) is 13.4. The lowest BCUT2D eigenvalue weighted by atomic mass is 10.0. The molecule has 1 heterocycles. The summed E-state index contributed by atoms with van der Waals surface area (Å²) in [7, 11) is 8.66. The van der Waals surface area contributed by atoms with Gasteiger partial charge in [-0.3, -0.25) is 0 Å². The molecule has 1 fully saturated rings. The molecule has 1 aliphatic carbocycles. The van der Waals surface area contributed by atoms with Crippen molar-refractivity contribution < 1.29 is 0 Å². The van der Waals surface area contributed by atoms with Crippen LogP contribution in [0.5, 0.6) is 0 Å². The van der Waals surface area contributed by atoms with Gasteiger partial charge in [-0.15, -0.1) is 10.5 Å². The molecule has 0 bridgehead atoms. The number of benzene rings is 2. The number of hydrogen-bond donors (Lipinski definition) is 0. The Labute approximate surface area is 172 Å². The van der Waals surface area contributed by atoms with E-state index < -0.39 is 0 Å². The third-order valence-corrected chi connectivity index (χ3v) is 8.82. The molecular weight excluding hydrogens is 362 g/mol. The predicted octanol–water partition coefficient (Wildman–Crippen LogP) is 5.61. The third kappa shape index (κ3) is 3.36. The average molecular weight is 396 g/mol. The average Bonchev–Trinajstić information content (AvgIpc) is 2.67. The molecule has 4 heteroatoms. The first-order valence-corrected chi connectivity index (χ1v) is 11.7. The largest absolute Gasteiger partial charge is 0.378 e. The van der Waals surface area contributed by atoms with Gasteiger partial charge in [0.2, 0.25) is 0 Å². The number of fused-ring (bicyclic) bond motifs is 2. The molecule has 1 unspecified atom stereocenters. The van der Waals surface area contributed by atoms with Crippen LogP contribution in [0.25, 0.3) is 0 Å². The molecule has 4 rings (SSSR count). The Kier molecular flexibility index (Phi) is 5.26. The van der Waals surface area contributed by atoms with Crippen LogP contribution in [0.4, 0.5) is 17.1 Å². The summed E-state index contributed by atoms with van der Waals surface area (Å²) in [6, 6.07) is 9.42. The Morgan fingerprint density at radius 3 is 2.07 bits per heavy atom. The molecule has 1 atom stereocenters. The van der Waals surface area contributed by atoms with Crippen molar-refractivity contribution in [1.82, 2.24) is 0 Å². The second kappa shape index (κ2) is 7.55. The molecule has 3 nitrogen and oxygen atoms in total. The van der Waals surface area contributed by atoms with Gasteiger partial charge in [-0.25, -0.2) is 4.99 Å². The molecule has 1 aliphatic heterocycles. The highest BCUT2D eigenvalue weighted by Gasteiger charge is 2.25. The van der Waals surface area contributed by atoms with E-state index in [1.807, 2.05) is 0 Å². The van der Waals surface area contributed by atoms with Crippen molar-refractivity contribution in [2.24, 2.45) is 4.99 Å². The SMILES string of the molecule is Cc1cc(N(C)C)cc2c1N=c1c(C)cc(N(C)C)cc1=S2C1CCCCC1. The highest BCUT2D eigenvalue weighted by molar-refractivity contribution is 8.10. The van der Waals surface area contributed by atoms with Crippen LogP contribution in [0.1, 0.15) is 43.2 Å². The zero-order valence-electron chi connectivity index (χ0n) is 18.2. The van der Waals surface area contributed by atoms with Gasteiger partial charge in [0, 0.05) is 54.2 Å². The van der Waals surface area contributed by atoms with Gasteiger partial charge < -0.3 is 9.80 Å². The highest BCUT2D eigenvalue weighted by Crippen LogP contribution is 2.49. The Bertz CT molecular complexity index is 1030. The van der Waals surface area contributed by atoms with E-state index in [2.05, 4.69) is 76.1 Å². The fraction of sp³-hybridized carbons (Fsp3) is 0.500. The van der Waals surface area contributed by atoms with Crippen molar-refractivity contribution in [3.63, 3.8) is 0 Å². The van der Waals surface area contributed by atoms with E-state index in [1.54, 1.807) is 0 Å². The summed E-state index contributed by atoms with van der Waals surface area (Å²) >= 11 is 0. The van der Waals surface area contributed by atoms with Crippen molar-refractivity contribution >= 4 is 27.5 Å². The van der Waals surface area contributed by atoms with Crippen LogP contribution in [0.15, 0.2) is 34.2 Å². The topological polar surface area (TPSA) is 18.8 Å². The standard InChI is InChI=1S/C24H33N3S/c1-16-12-18(26(3)4)14-21-23(16)25-24-17(2)13-19(27(5)6)15-22(24)28(21)20-10-8-7-9-11-20/h12-15,20H,7-11H2,1-6H3. The maximum atomic E-state index is 5.22. The fourth-order valence-electron chi connectivity index (χ4n) is 4.49. The van der Waals surface area contributed by atoms with Crippen molar-refractivity contribution in [2.45, 2.75) is 56.1 Å². The Morgan fingerprint density at radius 1 is 0.821 bits per heavy atom. The minimum atomic E-state index is 0.0977. The molecule has 2 aromatic carbocycles. The molecule has 0 spiro atoms. The molecule has 0 N–H and O–H groups in total.